The number of amides is 1. The van der Waals surface area contributed by atoms with Crippen molar-refractivity contribution in [2.75, 3.05) is 45.1 Å². The predicted octanol–water partition coefficient (Wildman–Crippen LogP) is 1.37. The fourth-order valence-electron chi connectivity index (χ4n) is 2.85. The van der Waals surface area contributed by atoms with Crippen LogP contribution in [0.1, 0.15) is 31.4 Å². The molecule has 0 aliphatic carbocycles. The van der Waals surface area contributed by atoms with Gasteiger partial charge in [-0.3, -0.25) is 9.79 Å². The smallest absolute Gasteiger partial charge is 0.227 e. The molecule has 7 nitrogen and oxygen atoms in total. The number of rotatable bonds is 7. The Balaban J connectivity index is 1.60. The van der Waals surface area contributed by atoms with E-state index in [-0.39, 0.29) is 5.91 Å². The van der Waals surface area contributed by atoms with Crippen LogP contribution in [-0.2, 0) is 4.79 Å². The van der Waals surface area contributed by atoms with E-state index >= 15 is 0 Å². The number of hydrogen-bond acceptors (Lipinski definition) is 4. The number of hydrogen-bond donors (Lipinski definition) is 3. The van der Waals surface area contributed by atoms with Crippen molar-refractivity contribution in [2.24, 2.45) is 4.99 Å². The van der Waals surface area contributed by atoms with Crippen LogP contribution < -0.4 is 16.0 Å². The average Bonchev–Trinajstić information content (AvgIpc) is 2.61. The maximum atomic E-state index is 12.0. The van der Waals surface area contributed by atoms with Crippen molar-refractivity contribution in [2.45, 2.75) is 32.6 Å². The molecule has 1 fully saturated rings. The normalized spacial score (nSPS) is 15.7. The third-order valence-corrected chi connectivity index (χ3v) is 4.19. The van der Waals surface area contributed by atoms with E-state index in [0.717, 1.165) is 24.7 Å². The maximum absolute atomic E-state index is 12.0. The molecule has 2 rings (SSSR count). The van der Waals surface area contributed by atoms with Gasteiger partial charge in [-0.25, -0.2) is 4.98 Å². The molecule has 1 aliphatic rings. The van der Waals surface area contributed by atoms with Gasteiger partial charge in [-0.1, -0.05) is 12.5 Å². The fourth-order valence-corrected chi connectivity index (χ4v) is 2.85. The molecule has 0 bridgehead atoms. The zero-order valence-corrected chi connectivity index (χ0v) is 15.3. The number of anilines is 1. The van der Waals surface area contributed by atoms with E-state index in [0.29, 0.717) is 18.8 Å². The van der Waals surface area contributed by atoms with Crippen molar-refractivity contribution in [1.29, 1.82) is 0 Å². The fraction of sp³-hybridized carbons (Fsp3) is 0.611. The maximum Gasteiger partial charge on any atom is 0.227 e. The lowest BCUT2D eigenvalue weighted by Gasteiger charge is -2.26. The number of aliphatic imine (C=N–C) groups is 1. The molecule has 0 spiro atoms. The zero-order chi connectivity index (χ0) is 17.9. The van der Waals surface area contributed by atoms with E-state index in [9.17, 15) is 4.79 Å². The highest BCUT2D eigenvalue weighted by Crippen LogP contribution is 2.07. The molecular weight excluding hydrogens is 316 g/mol. The van der Waals surface area contributed by atoms with Crippen LogP contribution in [-0.4, -0.2) is 61.5 Å². The number of nitrogens with one attached hydrogen (secondary N) is 3. The summed E-state index contributed by atoms with van der Waals surface area (Å²) in [5.41, 5.74) is 0.884. The van der Waals surface area contributed by atoms with E-state index in [2.05, 4.69) is 30.8 Å². The molecule has 1 aromatic rings. The molecular formula is C18H30N6O. The van der Waals surface area contributed by atoms with Crippen LogP contribution in [0.4, 0.5) is 5.82 Å². The molecule has 0 aromatic carbocycles. The molecule has 3 N–H and O–H groups in total. The number of nitrogens with zero attached hydrogens (tertiary/aromatic N) is 3. The van der Waals surface area contributed by atoms with E-state index in [1.807, 2.05) is 19.1 Å². The number of aryl methyl sites for hydroxylation is 1. The van der Waals surface area contributed by atoms with Crippen LogP contribution in [0.3, 0.4) is 0 Å². The second-order valence-electron chi connectivity index (χ2n) is 6.29. The van der Waals surface area contributed by atoms with Gasteiger partial charge in [0.2, 0.25) is 5.91 Å². The third kappa shape index (κ3) is 7.51. The van der Waals surface area contributed by atoms with E-state index < -0.39 is 0 Å². The highest BCUT2D eigenvalue weighted by molar-refractivity contribution is 5.90. The van der Waals surface area contributed by atoms with Crippen LogP contribution in [0.15, 0.2) is 23.2 Å². The highest BCUT2D eigenvalue weighted by Gasteiger charge is 2.09. The molecule has 0 atom stereocenters. The van der Waals surface area contributed by atoms with Gasteiger partial charge in [0.15, 0.2) is 5.96 Å². The molecule has 1 saturated heterocycles. The molecule has 0 radical (unpaired) electrons. The van der Waals surface area contributed by atoms with Gasteiger partial charge in [0.05, 0.1) is 0 Å². The van der Waals surface area contributed by atoms with Crippen molar-refractivity contribution in [3.05, 3.63) is 23.9 Å². The quantitative estimate of drug-likeness (QED) is 0.513. The van der Waals surface area contributed by atoms with E-state index in [4.69, 9.17) is 0 Å². The Morgan fingerprint density at radius 1 is 1.20 bits per heavy atom. The second-order valence-corrected chi connectivity index (χ2v) is 6.29. The monoisotopic (exact) mass is 346 g/mol. The number of piperidine rings is 1. The Morgan fingerprint density at radius 3 is 2.68 bits per heavy atom. The van der Waals surface area contributed by atoms with Gasteiger partial charge in [0.1, 0.15) is 5.82 Å². The summed E-state index contributed by atoms with van der Waals surface area (Å²) in [5, 5.41) is 9.28. The van der Waals surface area contributed by atoms with Crippen molar-refractivity contribution < 1.29 is 4.79 Å². The van der Waals surface area contributed by atoms with Gasteiger partial charge in [0.25, 0.3) is 0 Å². The van der Waals surface area contributed by atoms with Gasteiger partial charge >= 0.3 is 0 Å². The van der Waals surface area contributed by atoms with Crippen molar-refractivity contribution in [3.8, 4) is 0 Å². The molecule has 2 heterocycles. The summed E-state index contributed by atoms with van der Waals surface area (Å²) >= 11 is 0. The van der Waals surface area contributed by atoms with Gasteiger partial charge in [-0.2, -0.15) is 0 Å². The van der Waals surface area contributed by atoms with Gasteiger partial charge in [-0.15, -0.1) is 0 Å². The topological polar surface area (TPSA) is 81.6 Å². The Labute approximate surface area is 150 Å². The summed E-state index contributed by atoms with van der Waals surface area (Å²) < 4.78 is 0. The molecule has 25 heavy (non-hydrogen) atoms. The number of carbonyl (C=O) groups is 1. The standard InChI is InChI=1S/C18H30N6O/c1-15-7-6-8-16(22-15)23-17(25)9-10-20-18(19-2)21-11-14-24-12-4-3-5-13-24/h6-8H,3-5,9-14H2,1-2H3,(H2,19,20,21)(H,22,23,25). The first kappa shape index (κ1) is 19.2. The Hall–Kier alpha value is -2.15. The largest absolute Gasteiger partial charge is 0.356 e. The summed E-state index contributed by atoms with van der Waals surface area (Å²) in [6, 6.07) is 5.57. The first-order valence-electron chi connectivity index (χ1n) is 9.08. The van der Waals surface area contributed by atoms with E-state index in [1.165, 1.54) is 32.4 Å². The number of aromatic nitrogens is 1. The molecule has 1 aliphatic heterocycles. The van der Waals surface area contributed by atoms with Crippen LogP contribution in [0, 0.1) is 6.92 Å². The summed E-state index contributed by atoms with van der Waals surface area (Å²) in [5.74, 6) is 1.27. The summed E-state index contributed by atoms with van der Waals surface area (Å²) in [4.78, 5) is 22.9. The van der Waals surface area contributed by atoms with Crippen molar-refractivity contribution in [1.82, 2.24) is 20.5 Å². The number of guanidine groups is 1. The number of carbonyl (C=O) groups excluding carboxylic acids is 1. The lowest BCUT2D eigenvalue weighted by Crippen LogP contribution is -2.43. The van der Waals surface area contributed by atoms with Crippen LogP contribution >= 0.6 is 0 Å². The van der Waals surface area contributed by atoms with Crippen molar-refractivity contribution in [3.63, 3.8) is 0 Å². The average molecular weight is 346 g/mol. The van der Waals surface area contributed by atoms with Gasteiger partial charge < -0.3 is 20.9 Å². The summed E-state index contributed by atoms with van der Waals surface area (Å²) in [6.45, 7) is 6.71. The minimum Gasteiger partial charge on any atom is -0.356 e. The van der Waals surface area contributed by atoms with Gasteiger partial charge in [-0.05, 0) is 45.0 Å². The number of pyridine rings is 1. The minimum atomic E-state index is -0.0608. The Kier molecular flexibility index (Phi) is 8.18. The predicted molar refractivity (Wildman–Crippen MR) is 102 cm³/mol. The molecule has 1 amide bonds. The molecule has 138 valence electrons. The molecule has 7 heteroatoms. The molecule has 1 aromatic heterocycles. The summed E-state index contributed by atoms with van der Waals surface area (Å²) in [6.07, 6.45) is 4.32. The Bertz CT molecular complexity index is 568. The highest BCUT2D eigenvalue weighted by atomic mass is 16.1. The van der Waals surface area contributed by atoms with Crippen molar-refractivity contribution >= 4 is 17.7 Å². The third-order valence-electron chi connectivity index (χ3n) is 4.19. The first-order chi connectivity index (χ1) is 12.2. The summed E-state index contributed by atoms with van der Waals surface area (Å²) in [7, 11) is 1.74. The first-order valence-corrected chi connectivity index (χ1v) is 9.08. The van der Waals surface area contributed by atoms with Crippen LogP contribution in [0.5, 0.6) is 0 Å². The Morgan fingerprint density at radius 2 is 1.96 bits per heavy atom. The van der Waals surface area contributed by atoms with Gasteiger partial charge in [0, 0.05) is 38.8 Å². The lowest BCUT2D eigenvalue weighted by atomic mass is 10.1. The number of likely N-dealkylation sites (tertiary alicyclic amines) is 1. The van der Waals surface area contributed by atoms with Crippen LogP contribution in [0.25, 0.3) is 0 Å². The van der Waals surface area contributed by atoms with E-state index in [1.54, 1.807) is 13.1 Å². The minimum absolute atomic E-state index is 0.0608. The van der Waals surface area contributed by atoms with Crippen LogP contribution in [0.2, 0.25) is 0 Å². The molecule has 0 unspecified atom stereocenters. The zero-order valence-electron chi connectivity index (χ0n) is 15.3. The SMILES string of the molecule is CN=C(NCCC(=O)Nc1cccc(C)n1)NCCN1CCCCC1. The lowest BCUT2D eigenvalue weighted by molar-refractivity contribution is -0.116. The second kappa shape index (κ2) is 10.7. The molecule has 0 saturated carbocycles.